The molecule has 0 N–H and O–H groups in total. The van der Waals surface area contributed by atoms with Gasteiger partial charge in [0.25, 0.3) is 0 Å². The molecule has 1 atom stereocenters. The Labute approximate surface area is 100 Å². The molecular weight excluding hydrogens is 214 g/mol. The molecule has 4 nitrogen and oxygen atoms in total. The van der Waals surface area contributed by atoms with Crippen LogP contribution in [0.15, 0.2) is 12.5 Å². The normalized spacial score (nSPS) is 27.8. The average molecular weight is 229 g/mol. The van der Waals surface area contributed by atoms with Gasteiger partial charge >= 0.3 is 0 Å². The van der Waals surface area contributed by atoms with Crippen molar-refractivity contribution >= 4 is 5.91 Å². The molecule has 3 aliphatic rings. The Bertz CT molecular complexity index is 470. The van der Waals surface area contributed by atoms with Crippen LogP contribution >= 0.6 is 0 Å². The van der Waals surface area contributed by atoms with E-state index >= 15 is 0 Å². The van der Waals surface area contributed by atoms with Gasteiger partial charge in [-0.25, -0.2) is 9.97 Å². The number of carbonyl (C=O) groups is 1. The summed E-state index contributed by atoms with van der Waals surface area (Å²) in [5.74, 6) is 0.668. The van der Waals surface area contributed by atoms with E-state index in [-0.39, 0.29) is 0 Å². The van der Waals surface area contributed by atoms with Crippen molar-refractivity contribution in [3.05, 3.63) is 23.8 Å². The highest BCUT2D eigenvalue weighted by atomic mass is 16.2. The maximum absolute atomic E-state index is 12.4. The summed E-state index contributed by atoms with van der Waals surface area (Å²) in [4.78, 5) is 22.6. The van der Waals surface area contributed by atoms with Gasteiger partial charge in [0, 0.05) is 24.2 Å². The van der Waals surface area contributed by atoms with E-state index in [1.54, 1.807) is 6.33 Å². The van der Waals surface area contributed by atoms with E-state index in [1.807, 2.05) is 11.1 Å². The van der Waals surface area contributed by atoms with Gasteiger partial charge in [0.1, 0.15) is 6.33 Å². The zero-order valence-corrected chi connectivity index (χ0v) is 9.72. The summed E-state index contributed by atoms with van der Waals surface area (Å²) in [6.45, 7) is 1.39. The maximum Gasteiger partial charge on any atom is 0.226 e. The molecule has 2 aliphatic carbocycles. The third-order valence-corrected chi connectivity index (χ3v) is 4.73. The Morgan fingerprint density at radius 1 is 1.41 bits per heavy atom. The summed E-state index contributed by atoms with van der Waals surface area (Å²) < 4.78 is 0. The molecule has 1 aromatic rings. The van der Waals surface area contributed by atoms with Crippen molar-refractivity contribution in [1.29, 1.82) is 0 Å². The SMILES string of the molecule is O=C(C1CC12CCC2)N1Cc2cncnc2C1. The average Bonchev–Trinajstić information content (AvgIpc) is 2.93. The fourth-order valence-corrected chi connectivity index (χ4v) is 3.36. The predicted octanol–water partition coefficient (Wildman–Crippen LogP) is 1.51. The van der Waals surface area contributed by atoms with Gasteiger partial charge in [-0.15, -0.1) is 0 Å². The monoisotopic (exact) mass is 229 g/mol. The standard InChI is InChI=1S/C13H15N3O/c17-12(10-4-13(10)2-1-3-13)16-6-9-5-14-8-15-11(9)7-16/h5,8,10H,1-4,6-7H2. The van der Waals surface area contributed by atoms with Crippen molar-refractivity contribution in [3.63, 3.8) is 0 Å². The first-order valence-electron chi connectivity index (χ1n) is 6.35. The quantitative estimate of drug-likeness (QED) is 0.733. The van der Waals surface area contributed by atoms with E-state index in [0.29, 0.717) is 30.3 Å². The lowest BCUT2D eigenvalue weighted by Crippen LogP contribution is -2.30. The minimum atomic E-state index is 0.318. The third-order valence-electron chi connectivity index (χ3n) is 4.73. The van der Waals surface area contributed by atoms with E-state index in [9.17, 15) is 4.79 Å². The van der Waals surface area contributed by atoms with Crippen LogP contribution < -0.4 is 0 Å². The van der Waals surface area contributed by atoms with Crippen molar-refractivity contribution in [3.8, 4) is 0 Å². The first-order chi connectivity index (χ1) is 8.28. The largest absolute Gasteiger partial charge is 0.332 e. The van der Waals surface area contributed by atoms with Crippen LogP contribution in [0.5, 0.6) is 0 Å². The lowest BCUT2D eigenvalue weighted by atomic mass is 9.79. The molecule has 1 unspecified atom stereocenters. The second-order valence-electron chi connectivity index (χ2n) is 5.66. The van der Waals surface area contributed by atoms with Crippen LogP contribution in [0, 0.1) is 11.3 Å². The Kier molecular flexibility index (Phi) is 1.72. The maximum atomic E-state index is 12.4. The molecule has 2 fully saturated rings. The Morgan fingerprint density at radius 3 is 2.94 bits per heavy atom. The molecule has 2 saturated carbocycles. The molecule has 88 valence electrons. The van der Waals surface area contributed by atoms with Gasteiger partial charge in [0.15, 0.2) is 0 Å². The second kappa shape index (κ2) is 3.06. The molecule has 0 aromatic carbocycles. The first kappa shape index (κ1) is 9.57. The number of amides is 1. The van der Waals surface area contributed by atoms with Crippen LogP contribution in [0.1, 0.15) is 36.9 Å². The smallest absolute Gasteiger partial charge is 0.226 e. The van der Waals surface area contributed by atoms with E-state index in [0.717, 1.165) is 17.7 Å². The van der Waals surface area contributed by atoms with Gasteiger partial charge < -0.3 is 4.90 Å². The molecule has 1 aromatic heterocycles. The number of nitrogens with zero attached hydrogens (tertiary/aromatic N) is 3. The molecule has 2 heterocycles. The van der Waals surface area contributed by atoms with E-state index in [2.05, 4.69) is 9.97 Å². The van der Waals surface area contributed by atoms with Gasteiger partial charge in [-0.05, 0) is 24.7 Å². The summed E-state index contributed by atoms with van der Waals surface area (Å²) in [5, 5.41) is 0. The van der Waals surface area contributed by atoms with Gasteiger partial charge in [-0.3, -0.25) is 4.79 Å². The third kappa shape index (κ3) is 1.27. The van der Waals surface area contributed by atoms with Gasteiger partial charge in [0.2, 0.25) is 5.91 Å². The summed E-state index contributed by atoms with van der Waals surface area (Å²) >= 11 is 0. The van der Waals surface area contributed by atoms with Crippen LogP contribution in [0.3, 0.4) is 0 Å². The van der Waals surface area contributed by atoms with Gasteiger partial charge in [-0.1, -0.05) is 6.42 Å². The van der Waals surface area contributed by atoms with Crippen molar-refractivity contribution in [2.45, 2.75) is 38.8 Å². The fourth-order valence-electron chi connectivity index (χ4n) is 3.36. The van der Waals surface area contributed by atoms with Crippen LogP contribution in [0.4, 0.5) is 0 Å². The molecule has 17 heavy (non-hydrogen) atoms. The van der Waals surface area contributed by atoms with Gasteiger partial charge in [-0.2, -0.15) is 0 Å². The lowest BCUT2D eigenvalue weighted by Gasteiger charge is -2.27. The predicted molar refractivity (Wildman–Crippen MR) is 60.7 cm³/mol. The second-order valence-corrected chi connectivity index (χ2v) is 5.66. The molecule has 1 spiro atoms. The van der Waals surface area contributed by atoms with E-state index in [4.69, 9.17) is 0 Å². The molecule has 4 rings (SSSR count). The molecular formula is C13H15N3O. The summed E-state index contributed by atoms with van der Waals surface area (Å²) in [7, 11) is 0. The Hall–Kier alpha value is -1.45. The molecule has 0 radical (unpaired) electrons. The van der Waals surface area contributed by atoms with Crippen molar-refractivity contribution in [2.24, 2.45) is 11.3 Å². The number of aromatic nitrogens is 2. The number of rotatable bonds is 1. The number of hydrogen-bond acceptors (Lipinski definition) is 3. The molecule has 0 saturated heterocycles. The summed E-state index contributed by atoms with van der Waals surface area (Å²) in [6.07, 6.45) is 8.38. The number of hydrogen-bond donors (Lipinski definition) is 0. The number of carbonyl (C=O) groups excluding carboxylic acids is 1. The highest BCUT2D eigenvalue weighted by Gasteiger charge is 2.61. The van der Waals surface area contributed by atoms with Crippen molar-refractivity contribution in [1.82, 2.24) is 14.9 Å². The summed E-state index contributed by atoms with van der Waals surface area (Å²) in [6, 6.07) is 0. The zero-order chi connectivity index (χ0) is 11.5. The number of fused-ring (bicyclic) bond motifs is 1. The molecule has 4 heteroatoms. The van der Waals surface area contributed by atoms with Crippen molar-refractivity contribution < 1.29 is 4.79 Å². The molecule has 1 amide bonds. The van der Waals surface area contributed by atoms with Crippen molar-refractivity contribution in [2.75, 3.05) is 0 Å². The van der Waals surface area contributed by atoms with Crippen LogP contribution in [-0.4, -0.2) is 20.8 Å². The first-order valence-corrected chi connectivity index (χ1v) is 6.35. The molecule has 1 aliphatic heterocycles. The Morgan fingerprint density at radius 2 is 2.29 bits per heavy atom. The zero-order valence-electron chi connectivity index (χ0n) is 9.72. The topological polar surface area (TPSA) is 46.1 Å². The molecule has 0 bridgehead atoms. The highest BCUT2D eigenvalue weighted by molar-refractivity contribution is 5.83. The summed E-state index contributed by atoms with van der Waals surface area (Å²) in [5.41, 5.74) is 2.57. The van der Waals surface area contributed by atoms with Crippen LogP contribution in [-0.2, 0) is 17.9 Å². The van der Waals surface area contributed by atoms with E-state index in [1.165, 1.54) is 19.3 Å². The van der Waals surface area contributed by atoms with Gasteiger partial charge in [0.05, 0.1) is 12.2 Å². The van der Waals surface area contributed by atoms with Crippen LogP contribution in [0.25, 0.3) is 0 Å². The minimum absolute atomic E-state index is 0.318. The minimum Gasteiger partial charge on any atom is -0.332 e. The lowest BCUT2D eigenvalue weighted by molar-refractivity contribution is -0.134. The Balaban J connectivity index is 1.50. The van der Waals surface area contributed by atoms with E-state index < -0.39 is 0 Å². The highest BCUT2D eigenvalue weighted by Crippen LogP contribution is 2.66. The fraction of sp³-hybridized carbons (Fsp3) is 0.615. The van der Waals surface area contributed by atoms with Crippen LogP contribution in [0.2, 0.25) is 0 Å².